The Hall–Kier alpha value is -2.21. The fourth-order valence-corrected chi connectivity index (χ4v) is 4.24. The van der Waals surface area contributed by atoms with Crippen LogP contribution in [0.2, 0.25) is 0 Å². The first-order valence-electron chi connectivity index (χ1n) is 8.62. The van der Waals surface area contributed by atoms with Crippen LogP contribution in [0.1, 0.15) is 23.3 Å². The summed E-state index contributed by atoms with van der Waals surface area (Å²) < 4.78 is 2.01. The van der Waals surface area contributed by atoms with Crippen molar-refractivity contribution in [2.24, 2.45) is 5.92 Å². The Kier molecular flexibility index (Phi) is 4.06. The number of carbonyl (C=O) groups is 1. The Labute approximate surface area is 142 Å². The van der Waals surface area contributed by atoms with Crippen LogP contribution in [0.15, 0.2) is 42.9 Å². The standard InChI is InChI=1S/C18H23N5O/c1-21-15(13-23-9-4-8-20-23)11-14-12-22(10-6-17(14)21)18(24)16-5-2-3-7-19-16/h2-5,7-9,14-15,17H,6,10-13H2,1H3/t14-,15+,17+/m0/s1. The van der Waals surface area contributed by atoms with Gasteiger partial charge in [-0.15, -0.1) is 0 Å². The summed E-state index contributed by atoms with van der Waals surface area (Å²) in [6.07, 6.45) is 7.69. The zero-order valence-electron chi connectivity index (χ0n) is 14.0. The summed E-state index contributed by atoms with van der Waals surface area (Å²) in [6.45, 7) is 2.57. The van der Waals surface area contributed by atoms with Gasteiger partial charge < -0.3 is 4.90 Å². The maximum Gasteiger partial charge on any atom is 0.272 e. The van der Waals surface area contributed by atoms with Gasteiger partial charge in [-0.05, 0) is 44.0 Å². The van der Waals surface area contributed by atoms with Crippen LogP contribution in [0.25, 0.3) is 0 Å². The molecular weight excluding hydrogens is 302 g/mol. The van der Waals surface area contributed by atoms with Gasteiger partial charge in [-0.2, -0.15) is 5.10 Å². The molecular formula is C18H23N5O. The van der Waals surface area contributed by atoms with Gasteiger partial charge in [0.2, 0.25) is 0 Å². The molecule has 4 heterocycles. The first-order chi connectivity index (χ1) is 11.7. The van der Waals surface area contributed by atoms with E-state index in [9.17, 15) is 4.79 Å². The van der Waals surface area contributed by atoms with Crippen molar-refractivity contribution in [1.29, 1.82) is 0 Å². The zero-order valence-corrected chi connectivity index (χ0v) is 14.0. The van der Waals surface area contributed by atoms with E-state index in [0.717, 1.165) is 32.5 Å². The minimum absolute atomic E-state index is 0.0622. The van der Waals surface area contributed by atoms with Crippen molar-refractivity contribution in [1.82, 2.24) is 24.6 Å². The monoisotopic (exact) mass is 325 g/mol. The fourth-order valence-electron chi connectivity index (χ4n) is 4.24. The van der Waals surface area contributed by atoms with Gasteiger partial charge in [0.05, 0.1) is 6.54 Å². The highest BCUT2D eigenvalue weighted by Crippen LogP contribution is 2.35. The summed E-state index contributed by atoms with van der Waals surface area (Å²) in [5, 5.41) is 4.33. The van der Waals surface area contributed by atoms with E-state index in [1.807, 2.05) is 40.2 Å². The molecule has 0 spiro atoms. The second-order valence-electron chi connectivity index (χ2n) is 6.87. The lowest BCUT2D eigenvalue weighted by Crippen LogP contribution is -2.48. The molecule has 0 radical (unpaired) electrons. The van der Waals surface area contributed by atoms with Crippen molar-refractivity contribution in [2.75, 3.05) is 20.1 Å². The summed E-state index contributed by atoms with van der Waals surface area (Å²) in [5.74, 6) is 0.601. The van der Waals surface area contributed by atoms with E-state index in [1.54, 1.807) is 12.3 Å². The molecule has 2 aromatic heterocycles. The number of carbonyl (C=O) groups excluding carboxylic acids is 1. The molecule has 0 saturated carbocycles. The lowest BCUT2D eigenvalue weighted by Gasteiger charge is -2.37. The predicted molar refractivity (Wildman–Crippen MR) is 90.4 cm³/mol. The smallest absolute Gasteiger partial charge is 0.272 e. The summed E-state index contributed by atoms with van der Waals surface area (Å²) in [5.41, 5.74) is 0.551. The van der Waals surface area contributed by atoms with Gasteiger partial charge in [0, 0.05) is 43.8 Å². The van der Waals surface area contributed by atoms with Gasteiger partial charge in [0.25, 0.3) is 5.91 Å². The lowest BCUT2D eigenvalue weighted by atomic mass is 9.92. The van der Waals surface area contributed by atoms with Crippen LogP contribution in [0.4, 0.5) is 0 Å². The van der Waals surface area contributed by atoms with Gasteiger partial charge in [-0.3, -0.25) is 19.4 Å². The quantitative estimate of drug-likeness (QED) is 0.858. The molecule has 1 amide bonds. The highest BCUT2D eigenvalue weighted by Gasteiger charge is 2.43. The van der Waals surface area contributed by atoms with E-state index in [1.165, 1.54) is 0 Å². The Morgan fingerprint density at radius 2 is 2.21 bits per heavy atom. The van der Waals surface area contributed by atoms with Crippen molar-refractivity contribution >= 4 is 5.91 Å². The topological polar surface area (TPSA) is 54.3 Å². The number of pyridine rings is 1. The number of fused-ring (bicyclic) bond motifs is 1. The highest BCUT2D eigenvalue weighted by atomic mass is 16.2. The lowest BCUT2D eigenvalue weighted by molar-refractivity contribution is 0.0601. The van der Waals surface area contributed by atoms with Crippen LogP contribution >= 0.6 is 0 Å². The van der Waals surface area contributed by atoms with E-state index in [4.69, 9.17) is 0 Å². The first-order valence-corrected chi connectivity index (χ1v) is 8.62. The van der Waals surface area contributed by atoms with Crippen LogP contribution < -0.4 is 0 Å². The van der Waals surface area contributed by atoms with Crippen molar-refractivity contribution in [3.8, 4) is 0 Å². The average Bonchev–Trinajstić information content (AvgIpc) is 3.24. The summed E-state index contributed by atoms with van der Waals surface area (Å²) in [6, 6.07) is 8.54. The molecule has 3 atom stereocenters. The number of aromatic nitrogens is 3. The third-order valence-electron chi connectivity index (χ3n) is 5.50. The van der Waals surface area contributed by atoms with E-state index in [2.05, 4.69) is 22.0 Å². The van der Waals surface area contributed by atoms with E-state index in [0.29, 0.717) is 23.7 Å². The van der Waals surface area contributed by atoms with Crippen molar-refractivity contribution in [3.63, 3.8) is 0 Å². The minimum atomic E-state index is 0.0622. The minimum Gasteiger partial charge on any atom is -0.337 e. The normalized spacial score (nSPS) is 27.2. The fraction of sp³-hybridized carbons (Fsp3) is 0.500. The summed E-state index contributed by atoms with van der Waals surface area (Å²) in [7, 11) is 2.22. The maximum absolute atomic E-state index is 12.6. The molecule has 0 N–H and O–H groups in total. The molecule has 2 fully saturated rings. The Balaban J connectivity index is 1.43. The number of amides is 1. The van der Waals surface area contributed by atoms with E-state index >= 15 is 0 Å². The molecule has 0 aromatic carbocycles. The Morgan fingerprint density at radius 1 is 1.29 bits per heavy atom. The van der Waals surface area contributed by atoms with Gasteiger partial charge >= 0.3 is 0 Å². The summed E-state index contributed by atoms with van der Waals surface area (Å²) >= 11 is 0. The molecule has 2 aliphatic heterocycles. The van der Waals surface area contributed by atoms with Gasteiger partial charge in [-0.25, -0.2) is 0 Å². The number of likely N-dealkylation sites (tertiary alicyclic amines) is 2. The first kappa shape index (κ1) is 15.3. The Bertz CT molecular complexity index is 687. The number of nitrogens with zero attached hydrogens (tertiary/aromatic N) is 5. The van der Waals surface area contributed by atoms with Crippen LogP contribution in [0.3, 0.4) is 0 Å². The van der Waals surface area contributed by atoms with E-state index < -0.39 is 0 Å². The van der Waals surface area contributed by atoms with Crippen molar-refractivity contribution in [2.45, 2.75) is 31.5 Å². The summed E-state index contributed by atoms with van der Waals surface area (Å²) in [4.78, 5) is 21.3. The van der Waals surface area contributed by atoms with Crippen LogP contribution in [-0.2, 0) is 6.54 Å². The maximum atomic E-state index is 12.6. The number of hydrogen-bond donors (Lipinski definition) is 0. The van der Waals surface area contributed by atoms with Gasteiger partial charge in [-0.1, -0.05) is 6.07 Å². The van der Waals surface area contributed by atoms with Gasteiger partial charge in [0.15, 0.2) is 0 Å². The van der Waals surface area contributed by atoms with Crippen LogP contribution in [-0.4, -0.2) is 62.7 Å². The molecule has 4 rings (SSSR count). The Morgan fingerprint density at radius 3 is 2.96 bits per heavy atom. The van der Waals surface area contributed by atoms with E-state index in [-0.39, 0.29) is 5.91 Å². The largest absolute Gasteiger partial charge is 0.337 e. The molecule has 126 valence electrons. The molecule has 24 heavy (non-hydrogen) atoms. The number of rotatable bonds is 3. The molecule has 6 nitrogen and oxygen atoms in total. The molecule has 2 saturated heterocycles. The van der Waals surface area contributed by atoms with Crippen LogP contribution in [0.5, 0.6) is 0 Å². The highest BCUT2D eigenvalue weighted by molar-refractivity contribution is 5.92. The molecule has 6 heteroatoms. The average molecular weight is 325 g/mol. The second kappa shape index (κ2) is 6.36. The van der Waals surface area contributed by atoms with Crippen molar-refractivity contribution < 1.29 is 4.79 Å². The number of piperidine rings is 1. The SMILES string of the molecule is CN1[C@@H](Cn2cccn2)C[C@H]2CN(C(=O)c3ccccn3)CC[C@H]21. The van der Waals surface area contributed by atoms with Crippen molar-refractivity contribution in [3.05, 3.63) is 48.5 Å². The number of likely N-dealkylation sites (N-methyl/N-ethyl adjacent to an activating group) is 1. The molecule has 0 unspecified atom stereocenters. The second-order valence-corrected chi connectivity index (χ2v) is 6.87. The molecule has 0 bridgehead atoms. The van der Waals surface area contributed by atoms with Gasteiger partial charge in [0.1, 0.15) is 5.69 Å². The molecule has 2 aromatic rings. The third kappa shape index (κ3) is 2.82. The molecule has 0 aliphatic carbocycles. The van der Waals surface area contributed by atoms with Crippen LogP contribution in [0, 0.1) is 5.92 Å². The molecule has 2 aliphatic rings. The third-order valence-corrected chi connectivity index (χ3v) is 5.50. The zero-order chi connectivity index (χ0) is 16.5. The predicted octanol–water partition coefficient (Wildman–Crippen LogP) is 1.51. The number of hydrogen-bond acceptors (Lipinski definition) is 4.